The Morgan fingerprint density at radius 1 is 1.56 bits per heavy atom. The van der Waals surface area contributed by atoms with Gasteiger partial charge in [0.15, 0.2) is 0 Å². The third-order valence-electron chi connectivity index (χ3n) is 2.51. The molecule has 2 rings (SSSR count). The van der Waals surface area contributed by atoms with Crippen molar-refractivity contribution < 1.29 is 9.31 Å². The maximum Gasteiger partial charge on any atom is 0.295 e. The first kappa shape index (κ1) is 11.1. The molecule has 0 bridgehead atoms. The summed E-state index contributed by atoms with van der Waals surface area (Å²) in [6.07, 6.45) is 2.27. The number of nitro benzene ring substituents is 1. The van der Waals surface area contributed by atoms with Crippen molar-refractivity contribution in [1.29, 1.82) is 0 Å². The molecule has 1 fully saturated rings. The normalized spacial score (nSPS) is 14.9. The van der Waals surface area contributed by atoms with Crippen molar-refractivity contribution in [3.63, 3.8) is 0 Å². The Morgan fingerprint density at radius 3 is 2.81 bits per heavy atom. The first-order chi connectivity index (χ1) is 7.58. The number of rotatable bonds is 4. The SMILES string of the molecule is O=[N+]([O-])c1cc(F)c(Cl)cc1NCC1CC1. The van der Waals surface area contributed by atoms with E-state index in [1.165, 1.54) is 6.07 Å². The van der Waals surface area contributed by atoms with Crippen LogP contribution in [0.4, 0.5) is 15.8 Å². The van der Waals surface area contributed by atoms with Crippen LogP contribution in [-0.4, -0.2) is 11.5 Å². The van der Waals surface area contributed by atoms with E-state index in [-0.39, 0.29) is 16.4 Å². The summed E-state index contributed by atoms with van der Waals surface area (Å²) < 4.78 is 13.1. The summed E-state index contributed by atoms with van der Waals surface area (Å²) in [5.41, 5.74) is 0.00542. The lowest BCUT2D eigenvalue weighted by Crippen LogP contribution is -2.06. The Hall–Kier alpha value is -1.36. The van der Waals surface area contributed by atoms with Crippen LogP contribution in [0.1, 0.15) is 12.8 Å². The average molecular weight is 245 g/mol. The number of nitrogens with zero attached hydrogens (tertiary/aromatic N) is 1. The summed E-state index contributed by atoms with van der Waals surface area (Å²) in [5.74, 6) is -0.200. The average Bonchev–Trinajstić information content (AvgIpc) is 3.02. The fourth-order valence-electron chi connectivity index (χ4n) is 1.41. The second-order valence-corrected chi connectivity index (χ2v) is 4.27. The minimum Gasteiger partial charge on any atom is -0.379 e. The van der Waals surface area contributed by atoms with Gasteiger partial charge in [-0.2, -0.15) is 0 Å². The molecule has 1 aliphatic rings. The molecule has 1 aliphatic carbocycles. The van der Waals surface area contributed by atoms with E-state index in [1.54, 1.807) is 0 Å². The van der Waals surface area contributed by atoms with Gasteiger partial charge in [-0.3, -0.25) is 10.1 Å². The molecule has 1 N–H and O–H groups in total. The van der Waals surface area contributed by atoms with Crippen molar-refractivity contribution in [3.05, 3.63) is 33.1 Å². The molecule has 1 saturated carbocycles. The molecule has 0 aliphatic heterocycles. The molecule has 0 heterocycles. The molecule has 16 heavy (non-hydrogen) atoms. The largest absolute Gasteiger partial charge is 0.379 e. The summed E-state index contributed by atoms with van der Waals surface area (Å²) in [4.78, 5) is 10.1. The van der Waals surface area contributed by atoms with Crippen molar-refractivity contribution in [2.45, 2.75) is 12.8 Å². The van der Waals surface area contributed by atoms with Gasteiger partial charge in [-0.25, -0.2) is 4.39 Å². The van der Waals surface area contributed by atoms with Crippen molar-refractivity contribution in [1.82, 2.24) is 0 Å². The van der Waals surface area contributed by atoms with Gasteiger partial charge in [0.05, 0.1) is 16.0 Å². The van der Waals surface area contributed by atoms with Gasteiger partial charge in [-0.05, 0) is 24.8 Å². The highest BCUT2D eigenvalue weighted by Gasteiger charge is 2.23. The fourth-order valence-corrected chi connectivity index (χ4v) is 1.57. The lowest BCUT2D eigenvalue weighted by atomic mass is 10.2. The molecule has 0 unspecified atom stereocenters. The summed E-state index contributed by atoms with van der Waals surface area (Å²) in [5, 5.41) is 13.5. The number of anilines is 1. The maximum atomic E-state index is 13.1. The Balaban J connectivity index is 2.24. The molecule has 4 nitrogen and oxygen atoms in total. The lowest BCUT2D eigenvalue weighted by molar-refractivity contribution is -0.384. The molecule has 0 radical (unpaired) electrons. The number of nitro groups is 1. The van der Waals surface area contributed by atoms with Crippen molar-refractivity contribution in [2.75, 3.05) is 11.9 Å². The monoisotopic (exact) mass is 244 g/mol. The minimum absolute atomic E-state index is 0.108. The first-order valence-corrected chi connectivity index (χ1v) is 5.33. The van der Waals surface area contributed by atoms with Crippen LogP contribution in [0.5, 0.6) is 0 Å². The van der Waals surface area contributed by atoms with Crippen LogP contribution in [0.3, 0.4) is 0 Å². The van der Waals surface area contributed by atoms with Crippen LogP contribution in [0.25, 0.3) is 0 Å². The summed E-state index contributed by atoms with van der Waals surface area (Å²) in [6.45, 7) is 0.669. The zero-order valence-corrected chi connectivity index (χ0v) is 9.13. The van der Waals surface area contributed by atoms with Crippen molar-refractivity contribution in [3.8, 4) is 0 Å². The predicted molar refractivity (Wildman–Crippen MR) is 59.3 cm³/mol. The Morgan fingerprint density at radius 2 is 2.25 bits per heavy atom. The lowest BCUT2D eigenvalue weighted by Gasteiger charge is -2.07. The van der Waals surface area contributed by atoms with E-state index in [0.29, 0.717) is 12.5 Å². The van der Waals surface area contributed by atoms with Crippen LogP contribution in [-0.2, 0) is 0 Å². The molecule has 86 valence electrons. The van der Waals surface area contributed by atoms with E-state index in [2.05, 4.69) is 5.32 Å². The molecule has 0 spiro atoms. The highest BCUT2D eigenvalue weighted by molar-refractivity contribution is 6.31. The van der Waals surface area contributed by atoms with E-state index in [1.807, 2.05) is 0 Å². The maximum absolute atomic E-state index is 13.1. The molecule has 1 aromatic carbocycles. The number of hydrogen-bond donors (Lipinski definition) is 1. The second kappa shape index (κ2) is 4.25. The number of benzene rings is 1. The molecule has 0 amide bonds. The number of nitrogens with one attached hydrogen (secondary N) is 1. The van der Waals surface area contributed by atoms with Gasteiger partial charge < -0.3 is 5.32 Å². The Bertz CT molecular complexity index is 435. The van der Waals surface area contributed by atoms with Crippen LogP contribution in [0, 0.1) is 21.8 Å². The quantitative estimate of drug-likeness (QED) is 0.654. The standard InChI is InChI=1S/C10H10ClFN2O2/c11-7-3-9(13-5-6-1-2-6)10(14(15)16)4-8(7)12/h3-4,6,13H,1-2,5H2. The molecular weight excluding hydrogens is 235 g/mol. The minimum atomic E-state index is -0.773. The zero-order valence-electron chi connectivity index (χ0n) is 8.37. The highest BCUT2D eigenvalue weighted by atomic mass is 35.5. The van der Waals surface area contributed by atoms with Crippen LogP contribution in [0.15, 0.2) is 12.1 Å². The summed E-state index contributed by atoms with van der Waals surface area (Å²) >= 11 is 5.58. The second-order valence-electron chi connectivity index (χ2n) is 3.86. The molecular formula is C10H10ClFN2O2. The van der Waals surface area contributed by atoms with Gasteiger partial charge in [0.25, 0.3) is 5.69 Å². The van der Waals surface area contributed by atoms with E-state index < -0.39 is 10.7 Å². The van der Waals surface area contributed by atoms with Crippen LogP contribution in [0.2, 0.25) is 5.02 Å². The summed E-state index contributed by atoms with van der Waals surface area (Å²) in [6, 6.07) is 2.11. The predicted octanol–water partition coefficient (Wildman–Crippen LogP) is 3.21. The van der Waals surface area contributed by atoms with Gasteiger partial charge in [-0.15, -0.1) is 0 Å². The van der Waals surface area contributed by atoms with Crippen molar-refractivity contribution in [2.24, 2.45) is 5.92 Å². The Kier molecular flexibility index (Phi) is 2.96. The van der Waals surface area contributed by atoms with Crippen molar-refractivity contribution >= 4 is 23.0 Å². The number of hydrogen-bond acceptors (Lipinski definition) is 3. The Labute approximate surface area is 96.6 Å². The van der Waals surface area contributed by atoms with E-state index in [9.17, 15) is 14.5 Å². The number of halogens is 2. The zero-order chi connectivity index (χ0) is 11.7. The third kappa shape index (κ3) is 2.41. The summed E-state index contributed by atoms with van der Waals surface area (Å²) in [7, 11) is 0. The van der Waals surface area contributed by atoms with Gasteiger partial charge in [0, 0.05) is 6.54 Å². The molecule has 0 aromatic heterocycles. The van der Waals surface area contributed by atoms with Gasteiger partial charge in [-0.1, -0.05) is 11.6 Å². The fraction of sp³-hybridized carbons (Fsp3) is 0.400. The van der Waals surface area contributed by atoms with Gasteiger partial charge in [0.1, 0.15) is 11.5 Å². The van der Waals surface area contributed by atoms with E-state index in [4.69, 9.17) is 11.6 Å². The molecule has 0 atom stereocenters. The third-order valence-corrected chi connectivity index (χ3v) is 2.80. The van der Waals surface area contributed by atoms with Crippen LogP contribution >= 0.6 is 11.6 Å². The highest BCUT2D eigenvalue weighted by Crippen LogP contribution is 2.33. The smallest absolute Gasteiger partial charge is 0.295 e. The van der Waals surface area contributed by atoms with Gasteiger partial charge >= 0.3 is 0 Å². The molecule has 6 heteroatoms. The molecule has 1 aromatic rings. The van der Waals surface area contributed by atoms with E-state index in [0.717, 1.165) is 18.9 Å². The first-order valence-electron chi connectivity index (χ1n) is 4.95. The van der Waals surface area contributed by atoms with Crippen LogP contribution < -0.4 is 5.32 Å². The topological polar surface area (TPSA) is 55.2 Å². The van der Waals surface area contributed by atoms with Gasteiger partial charge in [0.2, 0.25) is 0 Å². The van der Waals surface area contributed by atoms with E-state index >= 15 is 0 Å². The molecule has 0 saturated heterocycles.